The average molecular weight is 294 g/mol. The zero-order valence-electron chi connectivity index (χ0n) is 11.7. The number of imide groups is 1. The number of hydrogen-bond donors (Lipinski definition) is 1. The highest BCUT2D eigenvalue weighted by molar-refractivity contribution is 6.23. The van der Waals surface area contributed by atoms with Crippen LogP contribution in [0.5, 0.6) is 0 Å². The highest BCUT2D eigenvalue weighted by Gasteiger charge is 2.57. The fourth-order valence-electron chi connectivity index (χ4n) is 3.10. The molecule has 2 aromatic rings. The molecule has 2 aliphatic rings. The maximum atomic E-state index is 12.8. The predicted molar refractivity (Wildman–Crippen MR) is 79.6 cm³/mol. The number of carbonyl (C=O) groups is 2. The van der Waals surface area contributed by atoms with Crippen molar-refractivity contribution in [1.29, 1.82) is 0 Å². The molecule has 0 radical (unpaired) electrons. The fraction of sp³-hybridized carbons (Fsp3) is 0.176. The third-order valence-corrected chi connectivity index (χ3v) is 4.15. The summed E-state index contributed by atoms with van der Waals surface area (Å²) in [5, 5.41) is 0. The van der Waals surface area contributed by atoms with E-state index in [2.05, 4.69) is 5.48 Å². The molecular weight excluding hydrogens is 280 g/mol. The number of fused-ring (bicyclic) bond motifs is 1. The molecule has 5 heteroatoms. The molecule has 0 spiro atoms. The van der Waals surface area contributed by atoms with Crippen LogP contribution in [0.25, 0.3) is 0 Å². The van der Waals surface area contributed by atoms with Gasteiger partial charge in [-0.2, -0.15) is 5.48 Å². The van der Waals surface area contributed by atoms with Gasteiger partial charge in [0, 0.05) is 0 Å². The standard InChI is InChI=1S/C17H14N2O3/c20-16-13-14(11-7-3-1-4-8-11)18-22-15(13)17(21)19(16)12-9-5-2-6-10-12/h1-10,13-15,18H/t13-,14-,15+/m0/s1. The Morgan fingerprint density at radius 2 is 1.50 bits per heavy atom. The second-order valence-electron chi connectivity index (χ2n) is 5.42. The SMILES string of the molecule is O=C1[C@@H]2[C@@H](ON[C@H]2c2ccccc2)C(=O)N1c1ccccc1. The molecule has 3 atom stereocenters. The minimum absolute atomic E-state index is 0.222. The molecule has 2 saturated heterocycles. The first-order valence-electron chi connectivity index (χ1n) is 7.16. The molecule has 0 aromatic heterocycles. The van der Waals surface area contributed by atoms with Crippen LogP contribution in [-0.4, -0.2) is 17.9 Å². The van der Waals surface area contributed by atoms with Crippen LogP contribution in [-0.2, 0) is 14.4 Å². The maximum absolute atomic E-state index is 12.8. The van der Waals surface area contributed by atoms with Crippen molar-refractivity contribution in [3.63, 3.8) is 0 Å². The highest BCUT2D eigenvalue weighted by Crippen LogP contribution is 2.40. The maximum Gasteiger partial charge on any atom is 0.265 e. The Labute approximate surface area is 127 Å². The third kappa shape index (κ3) is 1.87. The summed E-state index contributed by atoms with van der Waals surface area (Å²) in [4.78, 5) is 31.9. The minimum atomic E-state index is -0.766. The lowest BCUT2D eigenvalue weighted by atomic mass is 9.92. The number of nitrogens with zero attached hydrogens (tertiary/aromatic N) is 1. The van der Waals surface area contributed by atoms with E-state index < -0.39 is 12.0 Å². The van der Waals surface area contributed by atoms with Gasteiger partial charge in [-0.1, -0.05) is 48.5 Å². The van der Waals surface area contributed by atoms with Crippen molar-refractivity contribution in [1.82, 2.24) is 5.48 Å². The summed E-state index contributed by atoms with van der Waals surface area (Å²) in [6.45, 7) is 0. The average Bonchev–Trinajstić information content (AvgIpc) is 3.10. The van der Waals surface area contributed by atoms with Crippen LogP contribution in [0.3, 0.4) is 0 Å². The zero-order chi connectivity index (χ0) is 15.1. The molecule has 2 amide bonds. The van der Waals surface area contributed by atoms with Crippen LogP contribution >= 0.6 is 0 Å². The Kier molecular flexibility index (Phi) is 3.03. The van der Waals surface area contributed by atoms with Gasteiger partial charge in [0.15, 0.2) is 6.10 Å². The van der Waals surface area contributed by atoms with E-state index in [0.717, 1.165) is 5.56 Å². The van der Waals surface area contributed by atoms with Crippen molar-refractivity contribution in [3.8, 4) is 0 Å². The lowest BCUT2D eigenvalue weighted by Gasteiger charge is -2.19. The van der Waals surface area contributed by atoms with Crippen LogP contribution in [0.15, 0.2) is 60.7 Å². The van der Waals surface area contributed by atoms with Gasteiger partial charge < -0.3 is 0 Å². The lowest BCUT2D eigenvalue weighted by molar-refractivity contribution is -0.128. The van der Waals surface area contributed by atoms with Gasteiger partial charge in [-0.3, -0.25) is 14.4 Å². The van der Waals surface area contributed by atoms with Gasteiger partial charge in [-0.05, 0) is 17.7 Å². The first-order chi connectivity index (χ1) is 10.8. The minimum Gasteiger partial charge on any atom is -0.287 e. The van der Waals surface area contributed by atoms with E-state index in [9.17, 15) is 9.59 Å². The summed E-state index contributed by atoms with van der Waals surface area (Å²) in [5.74, 6) is -1.07. The van der Waals surface area contributed by atoms with Gasteiger partial charge in [0.1, 0.15) is 0 Å². The number of amides is 2. The monoisotopic (exact) mass is 294 g/mol. The number of hydroxylamine groups is 1. The molecular formula is C17H14N2O3. The molecule has 0 saturated carbocycles. The Balaban J connectivity index is 1.70. The van der Waals surface area contributed by atoms with E-state index in [1.807, 2.05) is 36.4 Å². The number of para-hydroxylation sites is 1. The van der Waals surface area contributed by atoms with Crippen molar-refractivity contribution in [2.24, 2.45) is 5.92 Å². The smallest absolute Gasteiger partial charge is 0.265 e. The van der Waals surface area contributed by atoms with Gasteiger partial charge in [0.2, 0.25) is 5.91 Å². The van der Waals surface area contributed by atoms with Gasteiger partial charge in [0.25, 0.3) is 5.91 Å². The van der Waals surface area contributed by atoms with Crippen molar-refractivity contribution < 1.29 is 14.4 Å². The van der Waals surface area contributed by atoms with Crippen LogP contribution < -0.4 is 10.4 Å². The fourth-order valence-corrected chi connectivity index (χ4v) is 3.10. The molecule has 110 valence electrons. The summed E-state index contributed by atoms with van der Waals surface area (Å²) in [6.07, 6.45) is -0.766. The summed E-state index contributed by atoms with van der Waals surface area (Å²) in [5.41, 5.74) is 4.36. The first kappa shape index (κ1) is 13.2. The number of nitrogens with one attached hydrogen (secondary N) is 1. The zero-order valence-corrected chi connectivity index (χ0v) is 11.7. The van der Waals surface area contributed by atoms with E-state index in [0.29, 0.717) is 5.69 Å². The van der Waals surface area contributed by atoms with Crippen molar-refractivity contribution in [2.45, 2.75) is 12.1 Å². The largest absolute Gasteiger partial charge is 0.287 e. The van der Waals surface area contributed by atoms with E-state index in [-0.39, 0.29) is 17.9 Å². The molecule has 2 fully saturated rings. The second-order valence-corrected chi connectivity index (χ2v) is 5.42. The quantitative estimate of drug-likeness (QED) is 0.858. The molecule has 0 bridgehead atoms. The number of carbonyl (C=O) groups excluding carboxylic acids is 2. The summed E-state index contributed by atoms with van der Waals surface area (Å²) in [7, 11) is 0. The van der Waals surface area contributed by atoms with E-state index >= 15 is 0 Å². The first-order valence-corrected chi connectivity index (χ1v) is 7.16. The number of anilines is 1. The summed E-state index contributed by atoms with van der Waals surface area (Å²) >= 11 is 0. The molecule has 4 rings (SSSR count). The Bertz CT molecular complexity index is 717. The van der Waals surface area contributed by atoms with Gasteiger partial charge in [-0.15, -0.1) is 0 Å². The molecule has 2 aromatic carbocycles. The molecule has 2 heterocycles. The Morgan fingerprint density at radius 3 is 2.18 bits per heavy atom. The molecule has 22 heavy (non-hydrogen) atoms. The normalized spacial score (nSPS) is 27.3. The summed E-state index contributed by atoms with van der Waals surface area (Å²) < 4.78 is 0. The number of hydrogen-bond acceptors (Lipinski definition) is 4. The van der Waals surface area contributed by atoms with Crippen molar-refractivity contribution in [3.05, 3.63) is 66.2 Å². The topological polar surface area (TPSA) is 58.6 Å². The Hall–Kier alpha value is -2.50. The van der Waals surface area contributed by atoms with E-state index in [1.54, 1.807) is 24.3 Å². The Morgan fingerprint density at radius 1 is 0.864 bits per heavy atom. The van der Waals surface area contributed by atoms with Gasteiger partial charge >= 0.3 is 0 Å². The van der Waals surface area contributed by atoms with Crippen LogP contribution in [0, 0.1) is 5.92 Å². The molecule has 0 unspecified atom stereocenters. The summed E-state index contributed by atoms with van der Waals surface area (Å²) in [6, 6.07) is 18.2. The highest BCUT2D eigenvalue weighted by atomic mass is 16.7. The van der Waals surface area contributed by atoms with Crippen molar-refractivity contribution in [2.75, 3.05) is 4.90 Å². The van der Waals surface area contributed by atoms with Gasteiger partial charge in [-0.25, -0.2) is 4.90 Å². The van der Waals surface area contributed by atoms with Crippen LogP contribution in [0.1, 0.15) is 11.6 Å². The van der Waals surface area contributed by atoms with Gasteiger partial charge in [0.05, 0.1) is 17.6 Å². The van der Waals surface area contributed by atoms with Crippen molar-refractivity contribution >= 4 is 17.5 Å². The molecule has 1 N–H and O–H groups in total. The predicted octanol–water partition coefficient (Wildman–Crippen LogP) is 1.82. The van der Waals surface area contributed by atoms with Crippen LogP contribution in [0.4, 0.5) is 5.69 Å². The third-order valence-electron chi connectivity index (χ3n) is 4.15. The van der Waals surface area contributed by atoms with E-state index in [4.69, 9.17) is 4.84 Å². The lowest BCUT2D eigenvalue weighted by Crippen LogP contribution is -2.35. The number of benzene rings is 2. The molecule has 2 aliphatic heterocycles. The molecule has 0 aliphatic carbocycles. The second kappa shape index (κ2) is 5.05. The van der Waals surface area contributed by atoms with E-state index in [1.165, 1.54) is 4.90 Å². The van der Waals surface area contributed by atoms with Crippen LogP contribution in [0.2, 0.25) is 0 Å². The number of rotatable bonds is 2. The molecule has 5 nitrogen and oxygen atoms in total.